The number of hydrogen-bond donors (Lipinski definition) is 3. The number of imidazole rings is 1. The summed E-state index contributed by atoms with van der Waals surface area (Å²) in [6, 6.07) is 14.2. The van der Waals surface area contributed by atoms with Crippen LogP contribution in [0.2, 0.25) is 0 Å². The summed E-state index contributed by atoms with van der Waals surface area (Å²) >= 11 is 0. The number of fused-ring (bicyclic) bond motifs is 3. The van der Waals surface area contributed by atoms with E-state index >= 15 is 0 Å². The van der Waals surface area contributed by atoms with E-state index in [4.69, 9.17) is 4.74 Å². The van der Waals surface area contributed by atoms with Gasteiger partial charge in [-0.15, -0.1) is 0 Å². The lowest BCUT2D eigenvalue weighted by Gasteiger charge is -2.27. The van der Waals surface area contributed by atoms with Crippen LogP contribution in [0.15, 0.2) is 61.1 Å². The average molecular weight is 475 g/mol. The van der Waals surface area contributed by atoms with E-state index in [1.165, 1.54) is 11.2 Å². The molecule has 2 aliphatic rings. The first kappa shape index (κ1) is 22.6. The monoisotopic (exact) mass is 474 g/mol. The number of aliphatic carboxylic acids is 1. The van der Waals surface area contributed by atoms with Gasteiger partial charge in [-0.2, -0.15) is 0 Å². The highest BCUT2D eigenvalue weighted by Crippen LogP contribution is 2.44. The number of aromatic amines is 1. The van der Waals surface area contributed by atoms with Crippen LogP contribution < -0.4 is 5.32 Å². The Hall–Kier alpha value is -4.14. The molecular formula is C26H26N4O5. The van der Waals surface area contributed by atoms with E-state index in [1.807, 2.05) is 36.4 Å². The van der Waals surface area contributed by atoms with Crippen LogP contribution in [0.4, 0.5) is 4.79 Å². The van der Waals surface area contributed by atoms with E-state index in [0.29, 0.717) is 25.1 Å². The van der Waals surface area contributed by atoms with Crippen molar-refractivity contribution in [3.8, 4) is 11.1 Å². The fraction of sp³-hybridized carbons (Fsp3) is 0.308. The quantitative estimate of drug-likeness (QED) is 0.484. The number of ether oxygens (including phenoxy) is 1. The van der Waals surface area contributed by atoms with Gasteiger partial charge in [-0.1, -0.05) is 48.5 Å². The zero-order valence-corrected chi connectivity index (χ0v) is 19.0. The number of nitrogens with zero attached hydrogens (tertiary/aromatic N) is 2. The largest absolute Gasteiger partial charge is 0.480 e. The Bertz CT molecular complexity index is 1200. The Labute approximate surface area is 202 Å². The maximum atomic E-state index is 13.3. The van der Waals surface area contributed by atoms with Crippen molar-refractivity contribution in [1.82, 2.24) is 20.2 Å². The second-order valence-corrected chi connectivity index (χ2v) is 8.83. The average Bonchev–Trinajstić information content (AvgIpc) is 3.61. The summed E-state index contributed by atoms with van der Waals surface area (Å²) in [4.78, 5) is 45.9. The highest BCUT2D eigenvalue weighted by molar-refractivity contribution is 5.90. The second-order valence-electron chi connectivity index (χ2n) is 8.83. The van der Waals surface area contributed by atoms with Crippen molar-refractivity contribution in [3.05, 3.63) is 77.9 Å². The lowest BCUT2D eigenvalue weighted by Crippen LogP contribution is -2.52. The molecule has 9 heteroatoms. The molecule has 2 aromatic carbocycles. The third-order valence-electron chi connectivity index (χ3n) is 6.73. The maximum Gasteiger partial charge on any atom is 0.407 e. The summed E-state index contributed by atoms with van der Waals surface area (Å²) in [6.07, 6.45) is 3.47. The number of carboxylic acid groups (broad SMARTS) is 1. The molecule has 1 aromatic heterocycles. The van der Waals surface area contributed by atoms with E-state index in [0.717, 1.165) is 22.3 Å². The number of likely N-dealkylation sites (tertiary alicyclic amines) is 1. The van der Waals surface area contributed by atoms with Crippen molar-refractivity contribution in [3.63, 3.8) is 0 Å². The summed E-state index contributed by atoms with van der Waals surface area (Å²) < 4.78 is 5.61. The molecule has 1 fully saturated rings. The van der Waals surface area contributed by atoms with Crippen molar-refractivity contribution < 1.29 is 24.2 Å². The molecular weight excluding hydrogens is 448 g/mol. The molecule has 2 amide bonds. The molecule has 5 rings (SSSR count). The first-order valence-corrected chi connectivity index (χ1v) is 11.6. The van der Waals surface area contributed by atoms with Crippen LogP contribution in [-0.2, 0) is 20.7 Å². The van der Waals surface area contributed by atoms with E-state index < -0.39 is 30.1 Å². The smallest absolute Gasteiger partial charge is 0.407 e. The van der Waals surface area contributed by atoms with Crippen molar-refractivity contribution in [2.45, 2.75) is 37.3 Å². The van der Waals surface area contributed by atoms with E-state index in [-0.39, 0.29) is 18.9 Å². The summed E-state index contributed by atoms with van der Waals surface area (Å²) in [6.45, 7) is 0.452. The summed E-state index contributed by atoms with van der Waals surface area (Å²) in [5, 5.41) is 12.2. The number of benzene rings is 2. The number of alkyl carbamates (subject to hydrolysis) is 1. The van der Waals surface area contributed by atoms with Crippen LogP contribution in [0.3, 0.4) is 0 Å². The van der Waals surface area contributed by atoms with Crippen molar-refractivity contribution in [2.24, 2.45) is 0 Å². The Balaban J connectivity index is 1.30. The lowest BCUT2D eigenvalue weighted by molar-refractivity contribution is -0.149. The minimum Gasteiger partial charge on any atom is -0.480 e. The Morgan fingerprint density at radius 2 is 1.80 bits per heavy atom. The fourth-order valence-corrected chi connectivity index (χ4v) is 5.09. The number of hydrogen-bond acceptors (Lipinski definition) is 5. The highest BCUT2D eigenvalue weighted by atomic mass is 16.5. The van der Waals surface area contributed by atoms with Gasteiger partial charge in [0.25, 0.3) is 0 Å². The highest BCUT2D eigenvalue weighted by Gasteiger charge is 2.38. The van der Waals surface area contributed by atoms with Gasteiger partial charge in [-0.05, 0) is 35.1 Å². The van der Waals surface area contributed by atoms with Gasteiger partial charge in [0.1, 0.15) is 18.7 Å². The number of carbonyl (C=O) groups excluding carboxylic acids is 2. The molecule has 1 aliphatic heterocycles. The maximum absolute atomic E-state index is 13.3. The Kier molecular flexibility index (Phi) is 6.22. The molecule has 35 heavy (non-hydrogen) atoms. The number of carbonyl (C=O) groups is 3. The molecule has 0 radical (unpaired) electrons. The van der Waals surface area contributed by atoms with Gasteiger partial charge in [0.05, 0.1) is 6.33 Å². The van der Waals surface area contributed by atoms with Gasteiger partial charge in [0.15, 0.2) is 0 Å². The fourth-order valence-electron chi connectivity index (χ4n) is 5.09. The molecule has 2 heterocycles. The topological polar surface area (TPSA) is 125 Å². The van der Waals surface area contributed by atoms with Gasteiger partial charge < -0.3 is 25.0 Å². The van der Waals surface area contributed by atoms with Crippen LogP contribution in [0, 0.1) is 0 Å². The SMILES string of the molecule is O=C(N[C@H](Cc1cnc[nH]1)C(=O)N1CCCC1C(=O)O)OCC1c2ccccc2-c2ccccc21. The van der Waals surface area contributed by atoms with Crippen molar-refractivity contribution in [1.29, 1.82) is 0 Å². The number of rotatable bonds is 7. The molecule has 3 N–H and O–H groups in total. The second kappa shape index (κ2) is 9.61. The van der Waals surface area contributed by atoms with Gasteiger partial charge >= 0.3 is 12.1 Å². The molecule has 1 aliphatic carbocycles. The molecule has 180 valence electrons. The first-order valence-electron chi connectivity index (χ1n) is 11.6. The molecule has 3 aromatic rings. The molecule has 0 saturated carbocycles. The summed E-state index contributed by atoms with van der Waals surface area (Å²) in [7, 11) is 0. The number of nitrogens with one attached hydrogen (secondary N) is 2. The van der Waals surface area contributed by atoms with Gasteiger partial charge in [0.2, 0.25) is 5.91 Å². The van der Waals surface area contributed by atoms with Gasteiger partial charge in [0, 0.05) is 30.8 Å². The third kappa shape index (κ3) is 4.49. The zero-order valence-electron chi connectivity index (χ0n) is 19.0. The van der Waals surface area contributed by atoms with Crippen molar-refractivity contribution in [2.75, 3.05) is 13.2 Å². The minimum absolute atomic E-state index is 0.107. The Morgan fingerprint density at radius 1 is 1.11 bits per heavy atom. The molecule has 2 atom stereocenters. The van der Waals surface area contributed by atoms with Crippen LogP contribution >= 0.6 is 0 Å². The van der Waals surface area contributed by atoms with Crippen molar-refractivity contribution >= 4 is 18.0 Å². The molecule has 9 nitrogen and oxygen atoms in total. The molecule has 1 unspecified atom stereocenters. The van der Waals surface area contributed by atoms with Gasteiger partial charge in [-0.3, -0.25) is 4.79 Å². The number of amides is 2. The predicted molar refractivity (Wildman–Crippen MR) is 127 cm³/mol. The normalized spacial score (nSPS) is 17.5. The van der Waals surface area contributed by atoms with Crippen LogP contribution in [0.5, 0.6) is 0 Å². The standard InChI is InChI=1S/C26H26N4O5/c31-24(30-11-5-10-23(30)25(32)33)22(12-16-13-27-15-28-16)29-26(34)35-14-21-19-8-3-1-6-17(19)18-7-2-4-9-20(18)21/h1-4,6-9,13,15,21-23H,5,10-12,14H2,(H,27,28)(H,29,34)(H,32,33)/t22-,23?/m1/s1. The first-order chi connectivity index (χ1) is 17.0. The number of H-pyrrole nitrogens is 1. The summed E-state index contributed by atoms with van der Waals surface area (Å²) in [5.74, 6) is -1.60. The predicted octanol–water partition coefficient (Wildman–Crippen LogP) is 2.94. The van der Waals surface area contributed by atoms with Crippen LogP contribution in [-0.4, -0.2) is 63.2 Å². The van der Waals surface area contributed by atoms with Crippen LogP contribution in [0.25, 0.3) is 11.1 Å². The number of carboxylic acids is 1. The molecule has 1 saturated heterocycles. The molecule has 0 bridgehead atoms. The van der Waals surface area contributed by atoms with E-state index in [2.05, 4.69) is 27.4 Å². The van der Waals surface area contributed by atoms with Crippen LogP contribution in [0.1, 0.15) is 35.6 Å². The minimum atomic E-state index is -1.04. The van der Waals surface area contributed by atoms with E-state index in [1.54, 1.807) is 6.20 Å². The molecule has 0 spiro atoms. The van der Waals surface area contributed by atoms with E-state index in [9.17, 15) is 19.5 Å². The lowest BCUT2D eigenvalue weighted by atomic mass is 9.98. The third-order valence-corrected chi connectivity index (χ3v) is 6.73. The zero-order chi connectivity index (χ0) is 24.4. The number of aromatic nitrogens is 2. The Morgan fingerprint density at radius 3 is 2.43 bits per heavy atom. The van der Waals surface area contributed by atoms with Gasteiger partial charge in [-0.25, -0.2) is 14.6 Å². The summed E-state index contributed by atoms with van der Waals surface area (Å²) in [5.41, 5.74) is 5.07.